The number of nitro groups is 2. The molecular weight excluding hydrogens is 456 g/mol. The minimum atomic E-state index is -0.425. The molecule has 0 unspecified atom stereocenters. The second-order valence-corrected chi connectivity index (χ2v) is 8.92. The topological polar surface area (TPSA) is 148 Å². The molecule has 0 saturated carbocycles. The number of nitrogens with zero attached hydrogens (tertiary/aromatic N) is 8. The number of hydrogen-bond acceptors (Lipinski definition) is 10. The summed E-state index contributed by atoms with van der Waals surface area (Å²) >= 11 is 3.11. The third kappa shape index (κ3) is 5.59. The number of hydrogen-bond donors (Lipinski definition) is 0. The van der Waals surface area contributed by atoms with Crippen molar-refractivity contribution < 1.29 is 9.85 Å². The van der Waals surface area contributed by atoms with Crippen LogP contribution in [0.5, 0.6) is 0 Å². The molecule has 0 aliphatic heterocycles. The van der Waals surface area contributed by atoms with Crippen molar-refractivity contribution in [2.45, 2.75) is 40.8 Å². The van der Waals surface area contributed by atoms with E-state index in [1.165, 1.54) is 12.4 Å². The van der Waals surface area contributed by atoms with Gasteiger partial charge in [0.25, 0.3) is 0 Å². The summed E-state index contributed by atoms with van der Waals surface area (Å²) in [5.41, 5.74) is 2.83. The molecule has 0 aromatic carbocycles. The van der Waals surface area contributed by atoms with Gasteiger partial charge in [0.1, 0.15) is 23.8 Å². The minimum absolute atomic E-state index is 0.0481. The van der Waals surface area contributed by atoms with E-state index in [2.05, 4.69) is 20.2 Å². The molecule has 12 nitrogen and oxygen atoms in total. The summed E-state index contributed by atoms with van der Waals surface area (Å²) in [6, 6.07) is 0. The van der Waals surface area contributed by atoms with Crippen molar-refractivity contribution in [1.29, 1.82) is 0 Å². The Morgan fingerprint density at radius 2 is 1.47 bits per heavy atom. The average Bonchev–Trinajstić information content (AvgIpc) is 3.47. The van der Waals surface area contributed by atoms with Crippen molar-refractivity contribution >= 4 is 34.0 Å². The molecule has 0 aliphatic carbocycles. The first-order valence-electron chi connectivity index (χ1n) is 9.31. The molecule has 0 bridgehead atoms. The Morgan fingerprint density at radius 1 is 0.906 bits per heavy atom. The molecule has 0 atom stereocenters. The van der Waals surface area contributed by atoms with Gasteiger partial charge >= 0.3 is 11.4 Å². The van der Waals surface area contributed by atoms with Crippen LogP contribution in [-0.4, -0.2) is 39.4 Å². The maximum Gasteiger partial charge on any atom is 0.309 e. The molecule has 0 radical (unpaired) electrons. The van der Waals surface area contributed by atoms with Crippen LogP contribution >= 0.6 is 22.7 Å². The quantitative estimate of drug-likeness (QED) is 0.301. The molecule has 32 heavy (non-hydrogen) atoms. The van der Waals surface area contributed by atoms with Gasteiger partial charge in [0.2, 0.25) is 0 Å². The smallest absolute Gasteiger partial charge is 0.259 e. The fourth-order valence-electron chi connectivity index (χ4n) is 2.82. The van der Waals surface area contributed by atoms with Gasteiger partial charge in [-0.2, -0.15) is 10.2 Å². The van der Waals surface area contributed by atoms with Gasteiger partial charge in [0, 0.05) is 10.8 Å². The van der Waals surface area contributed by atoms with Gasteiger partial charge in [-0.05, 0) is 27.7 Å². The van der Waals surface area contributed by atoms with E-state index in [-0.39, 0.29) is 11.4 Å². The summed E-state index contributed by atoms with van der Waals surface area (Å²) in [6.07, 6.45) is 2.71. The summed E-state index contributed by atoms with van der Waals surface area (Å²) in [5.74, 6) is 0. The van der Waals surface area contributed by atoms with Crippen LogP contribution in [0.4, 0.5) is 11.4 Å². The van der Waals surface area contributed by atoms with Crippen molar-refractivity contribution in [1.82, 2.24) is 29.5 Å². The van der Waals surface area contributed by atoms with E-state index in [1.807, 2.05) is 24.6 Å². The van der Waals surface area contributed by atoms with Crippen LogP contribution in [0.15, 0.2) is 23.2 Å². The predicted octanol–water partition coefficient (Wildman–Crippen LogP) is 3.83. The first-order chi connectivity index (χ1) is 15.1. The molecule has 0 spiro atoms. The Morgan fingerprint density at radius 3 is 1.91 bits per heavy atom. The van der Waals surface area contributed by atoms with Crippen LogP contribution in [0.25, 0.3) is 0 Å². The molecule has 0 aliphatic rings. The molecule has 0 amide bonds. The summed E-state index contributed by atoms with van der Waals surface area (Å²) in [6.45, 7) is 8.10. The van der Waals surface area contributed by atoms with Crippen molar-refractivity contribution in [2.75, 3.05) is 0 Å². The van der Waals surface area contributed by atoms with Crippen molar-refractivity contribution in [3.63, 3.8) is 0 Å². The van der Waals surface area contributed by atoms with Crippen LogP contribution in [0, 0.1) is 47.9 Å². The maximum atomic E-state index is 10.6. The lowest BCUT2D eigenvalue weighted by Crippen LogP contribution is -2.04. The molecule has 4 aromatic heterocycles. The van der Waals surface area contributed by atoms with Crippen LogP contribution in [0.3, 0.4) is 0 Å². The number of aromatic nitrogens is 6. The molecule has 0 fully saturated rings. The summed E-state index contributed by atoms with van der Waals surface area (Å²) in [5, 5.41) is 35.1. The predicted molar refractivity (Wildman–Crippen MR) is 119 cm³/mol. The van der Waals surface area contributed by atoms with Gasteiger partial charge < -0.3 is 0 Å². The number of aryl methyl sites for hydroxylation is 3. The van der Waals surface area contributed by atoms with Crippen LogP contribution < -0.4 is 0 Å². The molecule has 4 rings (SSSR count). The van der Waals surface area contributed by atoms with Crippen LogP contribution in [0.2, 0.25) is 0 Å². The van der Waals surface area contributed by atoms with Crippen molar-refractivity contribution in [3.05, 3.63) is 76.2 Å². The van der Waals surface area contributed by atoms with E-state index in [4.69, 9.17) is 0 Å². The highest BCUT2D eigenvalue weighted by molar-refractivity contribution is 7.09. The maximum absolute atomic E-state index is 10.6. The Kier molecular flexibility index (Phi) is 7.05. The van der Waals surface area contributed by atoms with Crippen LogP contribution in [0.1, 0.15) is 32.8 Å². The van der Waals surface area contributed by atoms with Crippen molar-refractivity contribution in [2.24, 2.45) is 0 Å². The zero-order valence-corrected chi connectivity index (χ0v) is 19.4. The van der Waals surface area contributed by atoms with Gasteiger partial charge in [-0.15, -0.1) is 22.7 Å². The SMILES string of the molecule is Cc1nc(Cn2cc([N+](=O)[O-])c(C)n2)cs1.Cc1nc(Cn2ncc([N+](=O)[O-])c2C)cs1. The van der Waals surface area contributed by atoms with E-state index < -0.39 is 9.85 Å². The third-order valence-corrected chi connectivity index (χ3v) is 6.00. The number of rotatable bonds is 6. The average molecular weight is 477 g/mol. The Labute approximate surface area is 190 Å². The normalized spacial score (nSPS) is 10.6. The van der Waals surface area contributed by atoms with Gasteiger partial charge in [0.05, 0.1) is 44.3 Å². The Bertz CT molecular complexity index is 1240. The first-order valence-corrected chi connectivity index (χ1v) is 11.1. The highest BCUT2D eigenvalue weighted by atomic mass is 32.1. The van der Waals surface area contributed by atoms with E-state index in [0.717, 1.165) is 21.4 Å². The molecule has 0 N–H and O–H groups in total. The molecule has 4 heterocycles. The monoisotopic (exact) mass is 476 g/mol. The highest BCUT2D eigenvalue weighted by Gasteiger charge is 2.17. The van der Waals surface area contributed by atoms with E-state index in [9.17, 15) is 20.2 Å². The molecule has 14 heteroatoms. The second-order valence-electron chi connectivity index (χ2n) is 6.80. The van der Waals surface area contributed by atoms with E-state index in [0.29, 0.717) is 24.5 Å². The zero-order valence-electron chi connectivity index (χ0n) is 17.8. The van der Waals surface area contributed by atoms with Gasteiger partial charge in [-0.25, -0.2) is 9.97 Å². The standard InChI is InChI=1S/2C9H10N4O2S/c1-6-9(13(14)15)3-10-12(6)4-8-5-16-7(2)11-8;1-6-9(13(14)15)4-12(11-6)3-8-5-16-7(2)10-8/h3,5H,4H2,1-2H3;4-5H,3H2,1-2H3. The fourth-order valence-corrected chi connectivity index (χ4v) is 4.03. The Balaban J connectivity index is 0.000000181. The lowest BCUT2D eigenvalue weighted by atomic mass is 10.4. The Hall–Kier alpha value is -3.52. The van der Waals surface area contributed by atoms with Gasteiger partial charge in [-0.1, -0.05) is 0 Å². The van der Waals surface area contributed by atoms with Crippen LogP contribution in [-0.2, 0) is 13.1 Å². The molecule has 0 saturated heterocycles. The van der Waals surface area contributed by atoms with E-state index in [1.54, 1.807) is 45.9 Å². The second kappa shape index (κ2) is 9.74. The molecule has 4 aromatic rings. The van der Waals surface area contributed by atoms with Gasteiger partial charge in [-0.3, -0.25) is 29.6 Å². The first kappa shape index (κ1) is 23.1. The van der Waals surface area contributed by atoms with E-state index >= 15 is 0 Å². The molecule has 168 valence electrons. The van der Waals surface area contributed by atoms with Crippen molar-refractivity contribution in [3.8, 4) is 0 Å². The lowest BCUT2D eigenvalue weighted by Gasteiger charge is -1.99. The summed E-state index contributed by atoms with van der Waals surface area (Å²) in [4.78, 5) is 29.0. The summed E-state index contributed by atoms with van der Waals surface area (Å²) in [7, 11) is 0. The zero-order chi connectivity index (χ0) is 23.4. The largest absolute Gasteiger partial charge is 0.309 e. The molecular formula is C18H20N8O4S2. The minimum Gasteiger partial charge on any atom is -0.259 e. The lowest BCUT2D eigenvalue weighted by molar-refractivity contribution is -0.385. The fraction of sp³-hybridized carbons (Fsp3) is 0.333. The highest BCUT2D eigenvalue weighted by Crippen LogP contribution is 2.18. The summed E-state index contributed by atoms with van der Waals surface area (Å²) < 4.78 is 3.13. The number of thiazole rings is 2. The van der Waals surface area contributed by atoms with Gasteiger partial charge in [0.15, 0.2) is 0 Å². The third-order valence-electron chi connectivity index (χ3n) is 4.36.